The first-order valence-corrected chi connectivity index (χ1v) is 11.3. The van der Waals surface area contributed by atoms with Crippen molar-refractivity contribution in [2.24, 2.45) is 5.92 Å². The number of rotatable bonds is 6. The molecule has 2 aromatic rings. The maximum atomic E-state index is 13.5. The van der Waals surface area contributed by atoms with Crippen LogP contribution in [0.2, 0.25) is 5.02 Å². The molecule has 6 nitrogen and oxygen atoms in total. The fraction of sp³-hybridized carbons (Fsp3) is 0.417. The first-order valence-electron chi connectivity index (χ1n) is 10.9. The second-order valence-electron chi connectivity index (χ2n) is 9.08. The van der Waals surface area contributed by atoms with Crippen molar-refractivity contribution in [3.8, 4) is 11.5 Å². The third-order valence-corrected chi connectivity index (χ3v) is 7.05. The highest BCUT2D eigenvalue weighted by atomic mass is 35.5. The van der Waals surface area contributed by atoms with Gasteiger partial charge in [0, 0.05) is 17.6 Å². The Morgan fingerprint density at radius 1 is 1.15 bits per heavy atom. The topological polar surface area (TPSA) is 76.7 Å². The molecule has 3 fully saturated rings. The quantitative estimate of drug-likeness (QED) is 0.668. The van der Waals surface area contributed by atoms with Gasteiger partial charge in [-0.1, -0.05) is 11.6 Å². The van der Waals surface area contributed by atoms with Crippen molar-refractivity contribution in [2.75, 3.05) is 6.61 Å². The minimum absolute atomic E-state index is 0.0124. The summed E-state index contributed by atoms with van der Waals surface area (Å²) < 4.78 is 38.0. The average Bonchev–Trinajstić information content (AvgIpc) is 3.27. The molecule has 0 saturated heterocycles. The van der Waals surface area contributed by atoms with Gasteiger partial charge in [0.25, 0.3) is 11.8 Å². The van der Waals surface area contributed by atoms with E-state index in [1.165, 1.54) is 24.3 Å². The number of fused-ring (bicyclic) bond motifs is 2. The van der Waals surface area contributed by atoms with E-state index in [0.29, 0.717) is 30.9 Å². The number of benzene rings is 2. The minimum atomic E-state index is -0.613. The van der Waals surface area contributed by atoms with Crippen molar-refractivity contribution < 1.29 is 27.8 Å². The van der Waals surface area contributed by atoms with E-state index in [4.69, 9.17) is 21.1 Å². The van der Waals surface area contributed by atoms with E-state index in [2.05, 4.69) is 10.6 Å². The SMILES string of the molecule is O=C(COc1ccc(Cl)c(F)c1)NC1CC2(NC(=O)[C@H]3CCc4cc(F)ccc4O3)CC1C2. The van der Waals surface area contributed by atoms with Crippen LogP contribution in [0, 0.1) is 17.6 Å². The number of nitrogens with one attached hydrogen (secondary N) is 2. The van der Waals surface area contributed by atoms with Crippen molar-refractivity contribution in [1.82, 2.24) is 10.6 Å². The van der Waals surface area contributed by atoms with Crippen LogP contribution < -0.4 is 20.1 Å². The molecule has 0 spiro atoms. The molecule has 0 aromatic heterocycles. The minimum Gasteiger partial charge on any atom is -0.484 e. The highest BCUT2D eigenvalue weighted by Crippen LogP contribution is 2.52. The van der Waals surface area contributed by atoms with Gasteiger partial charge in [0.05, 0.1) is 5.02 Å². The Kier molecular flexibility index (Phi) is 5.64. The van der Waals surface area contributed by atoms with Crippen LogP contribution in [0.15, 0.2) is 36.4 Å². The Morgan fingerprint density at radius 2 is 1.97 bits per heavy atom. The molecule has 2 bridgehead atoms. The first-order chi connectivity index (χ1) is 15.8. The Morgan fingerprint density at radius 3 is 2.76 bits per heavy atom. The summed E-state index contributed by atoms with van der Waals surface area (Å²) in [6.07, 6.45) is 2.68. The van der Waals surface area contributed by atoms with Crippen molar-refractivity contribution in [2.45, 2.75) is 49.8 Å². The summed E-state index contributed by atoms with van der Waals surface area (Å²) in [4.78, 5) is 25.2. The predicted octanol–water partition coefficient (Wildman–Crippen LogP) is 3.54. The molecule has 1 aliphatic heterocycles. The molecular weight excluding hydrogens is 454 g/mol. The number of aryl methyl sites for hydroxylation is 1. The molecule has 4 aliphatic rings. The number of amides is 2. The van der Waals surface area contributed by atoms with Crippen molar-refractivity contribution in [3.05, 3.63) is 58.6 Å². The maximum absolute atomic E-state index is 13.5. The Hall–Kier alpha value is -2.87. The van der Waals surface area contributed by atoms with Crippen molar-refractivity contribution in [3.63, 3.8) is 0 Å². The smallest absolute Gasteiger partial charge is 0.261 e. The number of carbonyl (C=O) groups excluding carboxylic acids is 2. The molecular formula is C24H23ClF2N2O4. The maximum Gasteiger partial charge on any atom is 0.261 e. The molecule has 33 heavy (non-hydrogen) atoms. The van der Waals surface area contributed by atoms with Crippen LogP contribution in [-0.4, -0.2) is 36.1 Å². The third kappa shape index (κ3) is 4.49. The highest BCUT2D eigenvalue weighted by Gasteiger charge is 2.57. The number of ether oxygens (including phenoxy) is 2. The van der Waals surface area contributed by atoms with Gasteiger partial charge in [-0.15, -0.1) is 0 Å². The molecule has 174 valence electrons. The normalized spacial score (nSPS) is 27.1. The lowest BCUT2D eigenvalue weighted by Crippen LogP contribution is -2.55. The van der Waals surface area contributed by atoms with E-state index in [-0.39, 0.29) is 46.6 Å². The van der Waals surface area contributed by atoms with Crippen LogP contribution in [0.5, 0.6) is 11.5 Å². The van der Waals surface area contributed by atoms with Crippen molar-refractivity contribution in [1.29, 1.82) is 0 Å². The Labute approximate surface area is 194 Å². The third-order valence-electron chi connectivity index (χ3n) is 6.74. The lowest BCUT2D eigenvalue weighted by Gasteiger charge is -2.40. The van der Waals surface area contributed by atoms with Gasteiger partial charge in [0.1, 0.15) is 23.1 Å². The lowest BCUT2D eigenvalue weighted by atomic mass is 9.76. The van der Waals surface area contributed by atoms with Gasteiger partial charge in [0.15, 0.2) is 12.7 Å². The monoisotopic (exact) mass is 476 g/mol. The molecule has 2 amide bonds. The van der Waals surface area contributed by atoms with E-state index in [0.717, 1.165) is 24.5 Å². The summed E-state index contributed by atoms with van der Waals surface area (Å²) in [5.74, 6) is -0.344. The van der Waals surface area contributed by atoms with Gasteiger partial charge in [-0.05, 0) is 73.9 Å². The van der Waals surface area contributed by atoms with E-state index >= 15 is 0 Å². The second kappa shape index (κ2) is 8.48. The van der Waals surface area contributed by atoms with Crippen LogP contribution >= 0.6 is 11.6 Å². The first kappa shape index (κ1) is 21.9. The van der Waals surface area contributed by atoms with Crippen LogP contribution in [0.1, 0.15) is 31.2 Å². The summed E-state index contributed by atoms with van der Waals surface area (Å²) in [5.41, 5.74) is 0.430. The van der Waals surface area contributed by atoms with E-state index in [1.54, 1.807) is 6.07 Å². The zero-order valence-corrected chi connectivity index (χ0v) is 18.5. The fourth-order valence-electron chi connectivity index (χ4n) is 5.15. The molecule has 0 radical (unpaired) electrons. The molecule has 1 heterocycles. The lowest BCUT2D eigenvalue weighted by molar-refractivity contribution is -0.131. The molecule has 3 saturated carbocycles. The van der Waals surface area contributed by atoms with Gasteiger partial charge >= 0.3 is 0 Å². The average molecular weight is 477 g/mol. The fourth-order valence-corrected chi connectivity index (χ4v) is 5.27. The van der Waals surface area contributed by atoms with Crippen molar-refractivity contribution >= 4 is 23.4 Å². The molecule has 1 unspecified atom stereocenters. The summed E-state index contributed by atoms with van der Waals surface area (Å²) in [6.45, 7) is -0.237. The summed E-state index contributed by atoms with van der Waals surface area (Å²) >= 11 is 5.64. The Bertz CT molecular complexity index is 1110. The second-order valence-corrected chi connectivity index (χ2v) is 9.49. The van der Waals surface area contributed by atoms with Crippen LogP contribution in [0.25, 0.3) is 0 Å². The zero-order chi connectivity index (χ0) is 23.2. The zero-order valence-electron chi connectivity index (χ0n) is 17.7. The number of hydrogen-bond acceptors (Lipinski definition) is 4. The van der Waals surface area contributed by atoms with Gasteiger partial charge < -0.3 is 20.1 Å². The van der Waals surface area contributed by atoms with Crippen LogP contribution in [0.4, 0.5) is 8.78 Å². The van der Waals surface area contributed by atoms with E-state index < -0.39 is 11.9 Å². The van der Waals surface area contributed by atoms with Gasteiger partial charge in [-0.2, -0.15) is 0 Å². The largest absolute Gasteiger partial charge is 0.484 e. The van der Waals surface area contributed by atoms with Gasteiger partial charge in [-0.3, -0.25) is 9.59 Å². The van der Waals surface area contributed by atoms with Crippen LogP contribution in [0.3, 0.4) is 0 Å². The summed E-state index contributed by atoms with van der Waals surface area (Å²) in [6, 6.07) is 8.27. The Balaban J connectivity index is 1.11. The molecule has 2 atom stereocenters. The number of carbonyl (C=O) groups is 2. The summed E-state index contributed by atoms with van der Waals surface area (Å²) in [5, 5.41) is 6.08. The number of halogens is 3. The predicted molar refractivity (Wildman–Crippen MR) is 116 cm³/mol. The van der Waals surface area contributed by atoms with E-state index in [9.17, 15) is 18.4 Å². The molecule has 2 N–H and O–H groups in total. The standard InChI is InChI=1S/C24H23ClF2N2O4/c25-17-4-3-16(8-18(17)27)32-12-22(30)28-19-11-24(9-14(19)10-24)29-23(31)21-5-1-13-7-15(26)2-6-20(13)33-21/h2-4,6-8,14,19,21H,1,5,9-12H2,(H,28,30)(H,29,31)/t14?,19?,21-,24?/m1/s1. The van der Waals surface area contributed by atoms with Gasteiger partial charge in [-0.25, -0.2) is 8.78 Å². The summed E-state index contributed by atoms with van der Waals surface area (Å²) in [7, 11) is 0. The molecule has 2 aromatic carbocycles. The molecule has 3 aliphatic carbocycles. The van der Waals surface area contributed by atoms with E-state index in [1.807, 2.05) is 0 Å². The van der Waals surface area contributed by atoms with Crippen LogP contribution in [-0.2, 0) is 16.0 Å². The number of hydrogen-bond donors (Lipinski definition) is 2. The van der Waals surface area contributed by atoms with Gasteiger partial charge in [0.2, 0.25) is 0 Å². The highest BCUT2D eigenvalue weighted by molar-refractivity contribution is 6.30. The molecule has 6 rings (SSSR count). The molecule has 9 heteroatoms.